The molecule has 0 bridgehead atoms. The summed E-state index contributed by atoms with van der Waals surface area (Å²) in [6.07, 6.45) is 5.27. The molecule has 5 nitrogen and oxygen atoms in total. The molecule has 0 aromatic heterocycles. The maximum Gasteiger partial charge on any atom is 0.338 e. The number of allylic oxidation sites excluding steroid dienone is 1. The highest BCUT2D eigenvalue weighted by molar-refractivity contribution is 5.91. The predicted molar refractivity (Wildman–Crippen MR) is 152 cm³/mol. The third-order valence-electron chi connectivity index (χ3n) is 6.21. The zero-order chi connectivity index (χ0) is 28.1. The van der Waals surface area contributed by atoms with Gasteiger partial charge in [-0.05, 0) is 80.3 Å². The van der Waals surface area contributed by atoms with Crippen molar-refractivity contribution in [1.29, 1.82) is 0 Å². The number of benzene rings is 2. The molecule has 1 fully saturated rings. The number of carbonyl (C=O) groups is 2. The highest BCUT2D eigenvalue weighted by Gasteiger charge is 2.30. The van der Waals surface area contributed by atoms with E-state index in [0.29, 0.717) is 35.3 Å². The fourth-order valence-corrected chi connectivity index (χ4v) is 4.51. The number of cyclic esters (lactones) is 1. The number of aryl methyl sites for hydroxylation is 1. The number of hydrogen-bond donors (Lipinski definition) is 1. The quantitative estimate of drug-likeness (QED) is 0.233. The Bertz CT molecular complexity index is 1100. The number of hydrogen-bond acceptors (Lipinski definition) is 5. The summed E-state index contributed by atoms with van der Waals surface area (Å²) in [4.78, 5) is 24.8. The molecule has 0 saturated carbocycles. The Balaban J connectivity index is 0.00000247. The zero-order valence-corrected chi connectivity index (χ0v) is 23.6. The van der Waals surface area contributed by atoms with Gasteiger partial charge in [0.25, 0.3) is 0 Å². The van der Waals surface area contributed by atoms with Gasteiger partial charge in [0.2, 0.25) is 0 Å². The Morgan fingerprint density at radius 1 is 0.974 bits per heavy atom. The van der Waals surface area contributed by atoms with E-state index in [9.17, 15) is 9.59 Å². The molecular formula is C33H42O5. The van der Waals surface area contributed by atoms with E-state index in [1.807, 2.05) is 37.3 Å². The van der Waals surface area contributed by atoms with Crippen molar-refractivity contribution in [2.45, 2.75) is 66.4 Å². The average molecular weight is 519 g/mol. The second-order valence-electron chi connectivity index (χ2n) is 10.6. The van der Waals surface area contributed by atoms with Gasteiger partial charge in [0.05, 0.1) is 5.56 Å². The maximum absolute atomic E-state index is 12.5. The summed E-state index contributed by atoms with van der Waals surface area (Å²) in [5.41, 5.74) is 4.10. The molecule has 3 rings (SSSR count). The van der Waals surface area contributed by atoms with E-state index in [4.69, 9.17) is 14.6 Å². The van der Waals surface area contributed by atoms with Crippen LogP contribution in [0.25, 0.3) is 0 Å². The lowest BCUT2D eigenvalue weighted by Gasteiger charge is -2.19. The highest BCUT2D eigenvalue weighted by atomic mass is 16.6. The van der Waals surface area contributed by atoms with Crippen molar-refractivity contribution in [3.63, 3.8) is 0 Å². The van der Waals surface area contributed by atoms with Crippen molar-refractivity contribution >= 4 is 11.9 Å². The molecule has 204 valence electrons. The van der Waals surface area contributed by atoms with Crippen molar-refractivity contribution in [3.8, 4) is 11.8 Å². The van der Waals surface area contributed by atoms with Crippen LogP contribution in [-0.4, -0.2) is 36.9 Å². The van der Waals surface area contributed by atoms with Gasteiger partial charge >= 0.3 is 11.9 Å². The van der Waals surface area contributed by atoms with E-state index in [2.05, 4.69) is 39.5 Å². The van der Waals surface area contributed by atoms with Crippen molar-refractivity contribution in [2.24, 2.45) is 17.8 Å². The van der Waals surface area contributed by atoms with Crippen molar-refractivity contribution in [2.75, 3.05) is 13.7 Å². The van der Waals surface area contributed by atoms with Crippen molar-refractivity contribution < 1.29 is 24.2 Å². The highest BCUT2D eigenvalue weighted by Crippen LogP contribution is 2.27. The largest absolute Gasteiger partial charge is 0.458 e. The van der Waals surface area contributed by atoms with Gasteiger partial charge in [0, 0.05) is 30.2 Å². The average Bonchev–Trinajstić information content (AvgIpc) is 3.25. The first-order valence-electron chi connectivity index (χ1n) is 13.4. The fraction of sp³-hybridized carbons (Fsp3) is 0.455. The third-order valence-corrected chi connectivity index (χ3v) is 6.21. The number of carbonyl (C=O) groups excluding carboxylic acids is 2. The molecular weight excluding hydrogens is 476 g/mol. The van der Waals surface area contributed by atoms with Crippen LogP contribution in [-0.2, 0) is 14.3 Å². The monoisotopic (exact) mass is 518 g/mol. The van der Waals surface area contributed by atoms with Crippen LogP contribution >= 0.6 is 0 Å². The van der Waals surface area contributed by atoms with E-state index in [1.165, 1.54) is 5.56 Å². The maximum atomic E-state index is 12.5. The van der Waals surface area contributed by atoms with E-state index in [1.54, 1.807) is 24.3 Å². The van der Waals surface area contributed by atoms with Crippen molar-refractivity contribution in [1.82, 2.24) is 0 Å². The van der Waals surface area contributed by atoms with Crippen LogP contribution in [0.2, 0.25) is 0 Å². The minimum absolute atomic E-state index is 0.0539. The Morgan fingerprint density at radius 3 is 2.03 bits per heavy atom. The summed E-state index contributed by atoms with van der Waals surface area (Å²) < 4.78 is 10.9. The molecule has 2 aromatic carbocycles. The second-order valence-corrected chi connectivity index (χ2v) is 10.6. The lowest BCUT2D eigenvalue weighted by atomic mass is 9.86. The van der Waals surface area contributed by atoms with Crippen LogP contribution in [0.1, 0.15) is 80.4 Å². The molecule has 5 heteroatoms. The van der Waals surface area contributed by atoms with Crippen LogP contribution < -0.4 is 0 Å². The minimum atomic E-state index is -0.435. The smallest absolute Gasteiger partial charge is 0.338 e. The Hall–Kier alpha value is -3.36. The first-order valence-corrected chi connectivity index (χ1v) is 13.4. The van der Waals surface area contributed by atoms with Gasteiger partial charge in [-0.15, -0.1) is 0 Å². The van der Waals surface area contributed by atoms with Gasteiger partial charge in [0.15, 0.2) is 0 Å². The van der Waals surface area contributed by atoms with E-state index >= 15 is 0 Å². The zero-order valence-electron chi connectivity index (χ0n) is 23.6. The van der Waals surface area contributed by atoms with Crippen LogP contribution in [0.3, 0.4) is 0 Å². The Labute approximate surface area is 228 Å². The SMILES string of the molecule is CO.Cc1ccc(C#Cc2ccc(C(=O)OCC3C/C(=C\CC(CC(C)C)CC(C)C)C(=O)O3)cc2)cc1. The predicted octanol–water partition coefficient (Wildman–Crippen LogP) is 6.50. The van der Waals surface area contributed by atoms with Crippen molar-refractivity contribution in [3.05, 3.63) is 82.4 Å². The number of aliphatic hydroxyl groups excluding tert-OH is 1. The van der Waals surface area contributed by atoms with E-state index < -0.39 is 12.1 Å². The van der Waals surface area contributed by atoms with Crippen LogP contribution in [0.15, 0.2) is 60.2 Å². The molecule has 1 N–H and O–H groups in total. The number of rotatable bonds is 9. The normalized spacial score (nSPS) is 15.7. The molecule has 1 heterocycles. The molecule has 38 heavy (non-hydrogen) atoms. The molecule has 1 saturated heterocycles. The first kappa shape index (κ1) is 30.9. The van der Waals surface area contributed by atoms with Gasteiger partial charge < -0.3 is 14.6 Å². The van der Waals surface area contributed by atoms with Gasteiger partial charge in [-0.3, -0.25) is 0 Å². The molecule has 1 aliphatic heterocycles. The van der Waals surface area contributed by atoms with Gasteiger partial charge in [-0.25, -0.2) is 9.59 Å². The summed E-state index contributed by atoms with van der Waals surface area (Å²) in [5.74, 6) is 7.32. The summed E-state index contributed by atoms with van der Waals surface area (Å²) in [6, 6.07) is 15.0. The van der Waals surface area contributed by atoms with Gasteiger partial charge in [0.1, 0.15) is 12.7 Å². The number of esters is 2. The Kier molecular flexibility index (Phi) is 12.8. The third kappa shape index (κ3) is 10.6. The summed E-state index contributed by atoms with van der Waals surface area (Å²) in [6.45, 7) is 11.0. The summed E-state index contributed by atoms with van der Waals surface area (Å²) in [5, 5.41) is 7.00. The van der Waals surface area contributed by atoms with Gasteiger partial charge in [-0.1, -0.05) is 63.3 Å². The molecule has 0 aliphatic carbocycles. The molecule has 0 amide bonds. The molecule has 1 atom stereocenters. The van der Waals surface area contributed by atoms with E-state index in [-0.39, 0.29) is 12.6 Å². The van der Waals surface area contributed by atoms with Gasteiger partial charge in [-0.2, -0.15) is 0 Å². The molecule has 1 aliphatic rings. The lowest BCUT2D eigenvalue weighted by Crippen LogP contribution is -2.18. The Morgan fingerprint density at radius 2 is 1.50 bits per heavy atom. The summed E-state index contributed by atoms with van der Waals surface area (Å²) in [7, 11) is 1.00. The van der Waals surface area contributed by atoms with Crippen LogP contribution in [0, 0.1) is 36.5 Å². The molecule has 2 aromatic rings. The molecule has 0 spiro atoms. The standard InChI is InChI=1S/C32H38O4.CH4O/c1-22(2)18-27(19-23(3)4)14-17-29-20-30(36-32(29)34)21-35-31(33)28-15-12-26(13-16-28)11-10-25-8-6-24(5)7-9-25;1-2/h6-9,12-13,15-17,22-23,27,30H,14,18-21H2,1-5H3;2H,1H3/b29-17+;. The first-order chi connectivity index (χ1) is 18.2. The number of aliphatic hydroxyl groups is 1. The van der Waals surface area contributed by atoms with E-state index in [0.717, 1.165) is 37.5 Å². The molecule has 0 radical (unpaired) electrons. The van der Waals surface area contributed by atoms with Crippen LogP contribution in [0.5, 0.6) is 0 Å². The minimum Gasteiger partial charge on any atom is -0.458 e. The molecule has 1 unspecified atom stereocenters. The fourth-order valence-electron chi connectivity index (χ4n) is 4.51. The second kappa shape index (κ2) is 15.8. The van der Waals surface area contributed by atoms with Crippen LogP contribution in [0.4, 0.5) is 0 Å². The number of ether oxygens (including phenoxy) is 2. The lowest BCUT2D eigenvalue weighted by molar-refractivity contribution is -0.140. The topological polar surface area (TPSA) is 72.8 Å². The summed E-state index contributed by atoms with van der Waals surface area (Å²) >= 11 is 0.